The zero-order chi connectivity index (χ0) is 11.3. The Balaban J connectivity index is 2.55. The minimum absolute atomic E-state index is 0.0396. The van der Waals surface area contributed by atoms with Crippen LogP contribution in [-0.4, -0.2) is 30.9 Å². The van der Waals surface area contributed by atoms with Gasteiger partial charge >= 0.3 is 0 Å². The van der Waals surface area contributed by atoms with Crippen LogP contribution in [0.25, 0.3) is 0 Å². The van der Waals surface area contributed by atoms with Gasteiger partial charge in [0.15, 0.2) is 5.78 Å². The van der Waals surface area contributed by atoms with Crippen LogP contribution < -0.4 is 5.32 Å². The van der Waals surface area contributed by atoms with Gasteiger partial charge in [0, 0.05) is 27.0 Å². The first kappa shape index (κ1) is 11.7. The van der Waals surface area contributed by atoms with Crippen LogP contribution in [0.4, 0.5) is 0 Å². The summed E-state index contributed by atoms with van der Waals surface area (Å²) in [5.74, 6) is -0.108. The number of hydrogen-bond acceptors (Lipinski definition) is 3. The zero-order valence-corrected chi connectivity index (χ0v) is 8.95. The first-order valence-electron chi connectivity index (χ1n) is 4.80. The Hall–Kier alpha value is -1.42. The van der Waals surface area contributed by atoms with Crippen molar-refractivity contribution < 1.29 is 14.3 Å². The molecule has 0 aromatic carbocycles. The van der Waals surface area contributed by atoms with Crippen molar-refractivity contribution >= 4 is 11.7 Å². The van der Waals surface area contributed by atoms with E-state index in [1.165, 1.54) is 19.1 Å². The molecule has 0 radical (unpaired) electrons. The van der Waals surface area contributed by atoms with Crippen LogP contribution in [0.5, 0.6) is 0 Å². The summed E-state index contributed by atoms with van der Waals surface area (Å²) in [5.41, 5.74) is -0.559. The van der Waals surface area contributed by atoms with Gasteiger partial charge in [-0.15, -0.1) is 0 Å². The molecule has 0 bridgehead atoms. The lowest BCUT2D eigenvalue weighted by molar-refractivity contribution is -0.119. The molecular formula is C11H15NO3. The second-order valence-corrected chi connectivity index (χ2v) is 3.46. The fraction of sp³-hybridized carbons (Fsp3) is 0.455. The van der Waals surface area contributed by atoms with Crippen molar-refractivity contribution in [3.05, 3.63) is 24.3 Å². The molecular weight excluding hydrogens is 194 g/mol. The van der Waals surface area contributed by atoms with Gasteiger partial charge in [0.1, 0.15) is 5.60 Å². The van der Waals surface area contributed by atoms with E-state index in [9.17, 15) is 9.59 Å². The molecule has 15 heavy (non-hydrogen) atoms. The molecule has 1 rings (SSSR count). The lowest BCUT2D eigenvalue weighted by Gasteiger charge is -2.27. The average molecular weight is 209 g/mol. The van der Waals surface area contributed by atoms with Crippen LogP contribution in [0, 0.1) is 0 Å². The molecule has 0 aliphatic heterocycles. The molecule has 4 nitrogen and oxygen atoms in total. The predicted molar refractivity (Wildman–Crippen MR) is 56.3 cm³/mol. The topological polar surface area (TPSA) is 55.4 Å². The normalized spacial score (nSPS) is 17.9. The van der Waals surface area contributed by atoms with E-state index in [0.717, 1.165) is 0 Å². The van der Waals surface area contributed by atoms with Gasteiger partial charge in [-0.3, -0.25) is 9.59 Å². The van der Waals surface area contributed by atoms with Gasteiger partial charge in [-0.05, 0) is 24.3 Å². The molecule has 0 saturated heterocycles. The third-order valence-electron chi connectivity index (χ3n) is 2.33. The van der Waals surface area contributed by atoms with Gasteiger partial charge in [-0.2, -0.15) is 0 Å². The summed E-state index contributed by atoms with van der Waals surface area (Å²) in [7, 11) is 1.58. The lowest BCUT2D eigenvalue weighted by Crippen LogP contribution is -2.34. The van der Waals surface area contributed by atoms with Crippen molar-refractivity contribution in [2.45, 2.75) is 18.9 Å². The third-order valence-corrected chi connectivity index (χ3v) is 2.33. The van der Waals surface area contributed by atoms with E-state index in [4.69, 9.17) is 4.74 Å². The number of ketones is 1. The molecule has 1 aliphatic rings. The van der Waals surface area contributed by atoms with Crippen molar-refractivity contribution in [1.82, 2.24) is 5.32 Å². The molecule has 0 atom stereocenters. The van der Waals surface area contributed by atoms with E-state index in [2.05, 4.69) is 5.32 Å². The highest BCUT2D eigenvalue weighted by Crippen LogP contribution is 2.21. The molecule has 0 spiro atoms. The lowest BCUT2D eigenvalue weighted by atomic mass is 9.93. The Labute approximate surface area is 89.0 Å². The van der Waals surface area contributed by atoms with E-state index >= 15 is 0 Å². The number of allylic oxidation sites excluding steroid dienone is 2. The highest BCUT2D eigenvalue weighted by Gasteiger charge is 2.25. The van der Waals surface area contributed by atoms with Crippen molar-refractivity contribution in [3.63, 3.8) is 0 Å². The van der Waals surface area contributed by atoms with Crippen molar-refractivity contribution in [1.29, 1.82) is 0 Å². The molecule has 0 heterocycles. The summed E-state index contributed by atoms with van der Waals surface area (Å²) in [4.78, 5) is 21.6. The van der Waals surface area contributed by atoms with Crippen molar-refractivity contribution in [2.75, 3.05) is 13.7 Å². The number of hydrogen-bond donors (Lipinski definition) is 1. The maximum Gasteiger partial charge on any atom is 0.216 e. The summed E-state index contributed by atoms with van der Waals surface area (Å²) < 4.78 is 5.33. The van der Waals surface area contributed by atoms with Gasteiger partial charge in [0.05, 0.1) is 0 Å². The predicted octanol–water partition coefficient (Wildman–Crippen LogP) is 0.593. The fourth-order valence-corrected chi connectivity index (χ4v) is 1.40. The summed E-state index contributed by atoms with van der Waals surface area (Å²) in [6.07, 6.45) is 7.02. The van der Waals surface area contributed by atoms with E-state index in [-0.39, 0.29) is 11.7 Å². The number of carbonyl (C=O) groups is 2. The smallest absolute Gasteiger partial charge is 0.216 e. The minimum Gasteiger partial charge on any atom is -0.370 e. The molecule has 1 aliphatic carbocycles. The fourth-order valence-electron chi connectivity index (χ4n) is 1.40. The third kappa shape index (κ3) is 3.32. The number of carbonyl (C=O) groups excluding carboxylic acids is 2. The van der Waals surface area contributed by atoms with Crippen molar-refractivity contribution in [3.8, 4) is 0 Å². The molecule has 0 unspecified atom stereocenters. The number of amides is 1. The van der Waals surface area contributed by atoms with Crippen LogP contribution in [0.1, 0.15) is 13.3 Å². The van der Waals surface area contributed by atoms with Gasteiger partial charge in [0.2, 0.25) is 5.91 Å². The highest BCUT2D eigenvalue weighted by atomic mass is 16.5. The highest BCUT2D eigenvalue weighted by molar-refractivity contribution is 6.00. The minimum atomic E-state index is -0.559. The monoisotopic (exact) mass is 209 g/mol. The van der Waals surface area contributed by atoms with Gasteiger partial charge < -0.3 is 10.1 Å². The Kier molecular flexibility index (Phi) is 3.80. The summed E-state index contributed by atoms with van der Waals surface area (Å²) in [6.45, 7) is 1.99. The average Bonchev–Trinajstić information content (AvgIpc) is 2.21. The van der Waals surface area contributed by atoms with Crippen LogP contribution in [0.3, 0.4) is 0 Å². The number of methoxy groups -OCH3 is 1. The second-order valence-electron chi connectivity index (χ2n) is 3.46. The molecule has 0 fully saturated rings. The molecule has 1 N–H and O–H groups in total. The van der Waals surface area contributed by atoms with Crippen LogP contribution in [0.2, 0.25) is 0 Å². The van der Waals surface area contributed by atoms with Crippen LogP contribution in [-0.2, 0) is 14.3 Å². The first-order valence-corrected chi connectivity index (χ1v) is 4.80. The second kappa shape index (κ2) is 4.89. The Bertz CT molecular complexity index is 302. The van der Waals surface area contributed by atoms with Crippen LogP contribution in [0.15, 0.2) is 24.3 Å². The zero-order valence-electron chi connectivity index (χ0n) is 8.95. The van der Waals surface area contributed by atoms with E-state index < -0.39 is 5.60 Å². The molecule has 1 amide bonds. The largest absolute Gasteiger partial charge is 0.370 e. The van der Waals surface area contributed by atoms with Crippen LogP contribution >= 0.6 is 0 Å². The van der Waals surface area contributed by atoms with Gasteiger partial charge in [-0.25, -0.2) is 0 Å². The molecule has 0 aromatic rings. The first-order chi connectivity index (χ1) is 7.08. The summed E-state index contributed by atoms with van der Waals surface area (Å²) in [5, 5.41) is 2.69. The number of ether oxygens (including phenoxy) is 1. The van der Waals surface area contributed by atoms with Gasteiger partial charge in [-0.1, -0.05) is 0 Å². The Morgan fingerprint density at radius 1 is 1.47 bits per heavy atom. The molecule has 4 heteroatoms. The molecule has 0 aromatic heterocycles. The molecule has 0 saturated carbocycles. The van der Waals surface area contributed by atoms with Crippen molar-refractivity contribution in [2.24, 2.45) is 0 Å². The van der Waals surface area contributed by atoms with E-state index in [1.54, 1.807) is 19.3 Å². The standard InChI is InChI=1S/C11H15NO3/c1-9(13)12-8-7-11(15-2)5-3-10(14)4-6-11/h3-6H,7-8H2,1-2H3,(H,12,13). The Morgan fingerprint density at radius 3 is 2.53 bits per heavy atom. The quantitative estimate of drug-likeness (QED) is 0.737. The van der Waals surface area contributed by atoms with E-state index in [0.29, 0.717) is 13.0 Å². The Morgan fingerprint density at radius 2 is 2.07 bits per heavy atom. The SMILES string of the molecule is COC1(CCNC(C)=O)C=CC(=O)C=C1. The van der Waals surface area contributed by atoms with E-state index in [1.807, 2.05) is 0 Å². The maximum absolute atomic E-state index is 10.9. The molecule has 82 valence electrons. The van der Waals surface area contributed by atoms with Gasteiger partial charge in [0.25, 0.3) is 0 Å². The maximum atomic E-state index is 10.9. The number of rotatable bonds is 4. The number of nitrogens with one attached hydrogen (secondary N) is 1. The summed E-state index contributed by atoms with van der Waals surface area (Å²) in [6, 6.07) is 0. The summed E-state index contributed by atoms with van der Waals surface area (Å²) >= 11 is 0.